The van der Waals surface area contributed by atoms with Gasteiger partial charge in [-0.15, -0.1) is 5.10 Å². The van der Waals surface area contributed by atoms with E-state index in [2.05, 4.69) is 10.3 Å². The van der Waals surface area contributed by atoms with Gasteiger partial charge >= 0.3 is 0 Å². The highest BCUT2D eigenvalue weighted by Gasteiger charge is 2.24. The largest absolute Gasteiger partial charge is 0.302 e. The first-order valence-corrected chi connectivity index (χ1v) is 9.57. The lowest BCUT2D eigenvalue weighted by atomic mass is 10.1. The van der Waals surface area contributed by atoms with Gasteiger partial charge in [-0.25, -0.2) is 4.68 Å². The van der Waals surface area contributed by atoms with Crippen molar-refractivity contribution >= 4 is 11.6 Å². The highest BCUT2D eigenvalue weighted by molar-refractivity contribution is 6.05. The number of anilines is 1. The van der Waals surface area contributed by atoms with Gasteiger partial charge < -0.3 is 4.90 Å². The van der Waals surface area contributed by atoms with Crippen LogP contribution >= 0.6 is 0 Å². The van der Waals surface area contributed by atoms with Crippen molar-refractivity contribution in [1.29, 1.82) is 0 Å². The molecule has 0 fully saturated rings. The maximum Gasteiger partial charge on any atom is 0.281 e. The molecule has 1 aromatic heterocycles. The molecule has 3 aromatic carbocycles. The van der Waals surface area contributed by atoms with Gasteiger partial charge in [-0.05, 0) is 30.2 Å². The average molecular weight is 382 g/mol. The second-order valence-corrected chi connectivity index (χ2v) is 6.88. The lowest BCUT2D eigenvalue weighted by Gasteiger charge is -2.22. The van der Waals surface area contributed by atoms with Crippen LogP contribution in [0.1, 0.15) is 27.3 Å². The van der Waals surface area contributed by atoms with E-state index in [1.54, 1.807) is 9.58 Å². The Morgan fingerprint density at radius 2 is 1.38 bits per heavy atom. The first kappa shape index (κ1) is 18.6. The lowest BCUT2D eigenvalue weighted by Crippen LogP contribution is -2.31. The fourth-order valence-electron chi connectivity index (χ4n) is 3.25. The van der Waals surface area contributed by atoms with E-state index in [1.807, 2.05) is 97.9 Å². The summed E-state index contributed by atoms with van der Waals surface area (Å²) in [6.45, 7) is 2.94. The minimum absolute atomic E-state index is 0.156. The number of aromatic nitrogens is 3. The third-order valence-electron chi connectivity index (χ3n) is 4.86. The Morgan fingerprint density at radius 3 is 2.00 bits per heavy atom. The second-order valence-electron chi connectivity index (χ2n) is 6.88. The molecule has 0 N–H and O–H groups in total. The molecule has 0 saturated heterocycles. The Balaban J connectivity index is 1.64. The number of hydrogen-bond donors (Lipinski definition) is 0. The molecule has 1 heterocycles. The van der Waals surface area contributed by atoms with Crippen molar-refractivity contribution in [2.24, 2.45) is 0 Å². The molecule has 0 aliphatic rings. The quantitative estimate of drug-likeness (QED) is 0.494. The molecule has 0 spiro atoms. The van der Waals surface area contributed by atoms with E-state index in [0.717, 1.165) is 22.5 Å². The molecule has 0 saturated carbocycles. The van der Waals surface area contributed by atoms with Crippen LogP contribution in [0.25, 0.3) is 0 Å². The van der Waals surface area contributed by atoms with Crippen molar-refractivity contribution in [2.75, 3.05) is 4.90 Å². The number of benzene rings is 3. The molecule has 0 atom stereocenters. The molecule has 0 aliphatic carbocycles. The summed E-state index contributed by atoms with van der Waals surface area (Å²) in [6.07, 6.45) is 0. The molecule has 0 aliphatic heterocycles. The van der Waals surface area contributed by atoms with Crippen LogP contribution in [0.2, 0.25) is 0 Å². The zero-order chi connectivity index (χ0) is 20.1. The zero-order valence-electron chi connectivity index (χ0n) is 16.3. The average Bonchev–Trinajstić information content (AvgIpc) is 3.14. The van der Waals surface area contributed by atoms with Gasteiger partial charge in [0, 0.05) is 5.69 Å². The van der Waals surface area contributed by atoms with Gasteiger partial charge in [-0.3, -0.25) is 4.79 Å². The van der Waals surface area contributed by atoms with Crippen molar-refractivity contribution in [1.82, 2.24) is 15.0 Å². The number of amides is 1. The molecule has 0 bridgehead atoms. The first-order valence-electron chi connectivity index (χ1n) is 9.57. The predicted octanol–water partition coefficient (Wildman–Crippen LogP) is 4.48. The molecular formula is C24H22N4O. The molecule has 5 heteroatoms. The predicted molar refractivity (Wildman–Crippen MR) is 114 cm³/mol. The minimum atomic E-state index is -0.156. The standard InChI is InChI=1S/C24H22N4O/c1-19-23(25-26-28(19)18-21-13-7-3-8-14-21)24(29)27(22-15-9-4-10-16-22)17-20-11-5-2-6-12-20/h2-16H,17-18H2,1H3. The topological polar surface area (TPSA) is 51.0 Å². The Kier molecular flexibility index (Phi) is 5.47. The molecule has 4 aromatic rings. The number of hydrogen-bond acceptors (Lipinski definition) is 3. The molecule has 0 unspecified atom stereocenters. The fourth-order valence-corrected chi connectivity index (χ4v) is 3.25. The van der Waals surface area contributed by atoms with Gasteiger partial charge in [-0.2, -0.15) is 0 Å². The van der Waals surface area contributed by atoms with Crippen LogP contribution in [-0.4, -0.2) is 20.9 Å². The lowest BCUT2D eigenvalue weighted by molar-refractivity contribution is 0.0979. The third-order valence-corrected chi connectivity index (χ3v) is 4.86. The summed E-state index contributed by atoms with van der Waals surface area (Å²) < 4.78 is 1.77. The van der Waals surface area contributed by atoms with Gasteiger partial charge in [0.1, 0.15) is 0 Å². The van der Waals surface area contributed by atoms with Gasteiger partial charge in [0.15, 0.2) is 5.69 Å². The van der Waals surface area contributed by atoms with Crippen LogP contribution < -0.4 is 4.90 Å². The summed E-state index contributed by atoms with van der Waals surface area (Å²) in [5.74, 6) is -0.156. The fraction of sp³-hybridized carbons (Fsp3) is 0.125. The maximum atomic E-state index is 13.4. The van der Waals surface area contributed by atoms with Crippen molar-refractivity contribution in [3.05, 3.63) is 114 Å². The SMILES string of the molecule is Cc1c(C(=O)N(Cc2ccccc2)c2ccccc2)nnn1Cc1ccccc1. The summed E-state index contributed by atoms with van der Waals surface area (Å²) >= 11 is 0. The summed E-state index contributed by atoms with van der Waals surface area (Å²) in [5.41, 5.74) is 4.13. The Bertz CT molecular complexity index is 1080. The van der Waals surface area contributed by atoms with Crippen LogP contribution in [0.5, 0.6) is 0 Å². The van der Waals surface area contributed by atoms with E-state index < -0.39 is 0 Å². The van der Waals surface area contributed by atoms with Crippen LogP contribution in [-0.2, 0) is 13.1 Å². The number of carbonyl (C=O) groups excluding carboxylic acids is 1. The summed E-state index contributed by atoms with van der Waals surface area (Å²) in [4.78, 5) is 15.2. The minimum Gasteiger partial charge on any atom is -0.302 e. The van der Waals surface area contributed by atoms with Gasteiger partial charge in [0.25, 0.3) is 5.91 Å². The molecule has 144 valence electrons. The van der Waals surface area contributed by atoms with Crippen molar-refractivity contribution in [2.45, 2.75) is 20.0 Å². The van der Waals surface area contributed by atoms with Crippen molar-refractivity contribution < 1.29 is 4.79 Å². The summed E-state index contributed by atoms with van der Waals surface area (Å²) in [5, 5.41) is 8.46. The zero-order valence-corrected chi connectivity index (χ0v) is 16.3. The van der Waals surface area contributed by atoms with Crippen LogP contribution in [0.3, 0.4) is 0 Å². The normalized spacial score (nSPS) is 10.7. The van der Waals surface area contributed by atoms with E-state index in [-0.39, 0.29) is 5.91 Å². The number of rotatable bonds is 6. The third kappa shape index (κ3) is 4.24. The van der Waals surface area contributed by atoms with Crippen LogP contribution in [0, 0.1) is 6.92 Å². The monoisotopic (exact) mass is 382 g/mol. The molecule has 0 radical (unpaired) electrons. The van der Waals surface area contributed by atoms with Crippen molar-refractivity contribution in [3.8, 4) is 0 Å². The van der Waals surface area contributed by atoms with E-state index >= 15 is 0 Å². The second kappa shape index (κ2) is 8.52. The summed E-state index contributed by atoms with van der Waals surface area (Å²) in [6, 6.07) is 29.7. The maximum absolute atomic E-state index is 13.4. The molecule has 5 nitrogen and oxygen atoms in total. The number of carbonyl (C=O) groups is 1. The van der Waals surface area contributed by atoms with Crippen LogP contribution in [0.4, 0.5) is 5.69 Å². The van der Waals surface area contributed by atoms with Gasteiger partial charge in [0.05, 0.1) is 18.8 Å². The Morgan fingerprint density at radius 1 is 0.828 bits per heavy atom. The Labute approximate surface area is 170 Å². The summed E-state index contributed by atoms with van der Waals surface area (Å²) in [7, 11) is 0. The van der Waals surface area contributed by atoms with E-state index in [1.165, 1.54) is 0 Å². The van der Waals surface area contributed by atoms with Crippen molar-refractivity contribution in [3.63, 3.8) is 0 Å². The number of para-hydroxylation sites is 1. The molecule has 4 rings (SSSR count). The number of nitrogens with zero attached hydrogens (tertiary/aromatic N) is 4. The first-order chi connectivity index (χ1) is 14.2. The van der Waals surface area contributed by atoms with E-state index in [4.69, 9.17) is 0 Å². The highest BCUT2D eigenvalue weighted by Crippen LogP contribution is 2.21. The smallest absolute Gasteiger partial charge is 0.281 e. The van der Waals surface area contributed by atoms with E-state index in [0.29, 0.717) is 18.8 Å². The van der Waals surface area contributed by atoms with E-state index in [9.17, 15) is 4.79 Å². The molecular weight excluding hydrogens is 360 g/mol. The van der Waals surface area contributed by atoms with Gasteiger partial charge in [0.2, 0.25) is 0 Å². The van der Waals surface area contributed by atoms with Crippen LogP contribution in [0.15, 0.2) is 91.0 Å². The highest BCUT2D eigenvalue weighted by atomic mass is 16.2. The Hall–Kier alpha value is -3.73. The molecule has 1 amide bonds. The van der Waals surface area contributed by atoms with Gasteiger partial charge in [-0.1, -0.05) is 84.1 Å². The molecule has 29 heavy (non-hydrogen) atoms.